The van der Waals surface area contributed by atoms with E-state index in [1.165, 1.54) is 5.56 Å². The van der Waals surface area contributed by atoms with Gasteiger partial charge in [0.2, 0.25) is 5.91 Å². The lowest BCUT2D eigenvalue weighted by Gasteiger charge is -2.51. The van der Waals surface area contributed by atoms with Crippen molar-refractivity contribution in [3.8, 4) is 0 Å². The van der Waals surface area contributed by atoms with Crippen molar-refractivity contribution >= 4 is 23.7 Å². The van der Waals surface area contributed by atoms with E-state index in [9.17, 15) is 4.79 Å². The molecule has 1 aliphatic carbocycles. The largest absolute Gasteiger partial charge is 0.354 e. The van der Waals surface area contributed by atoms with Gasteiger partial charge < -0.3 is 5.32 Å². The number of nitrogens with zero attached hydrogens (tertiary/aromatic N) is 2. The van der Waals surface area contributed by atoms with Crippen molar-refractivity contribution in [1.82, 2.24) is 10.2 Å². The van der Waals surface area contributed by atoms with E-state index in [-0.39, 0.29) is 11.8 Å². The molecule has 4 aliphatic rings. The molecule has 4 nitrogen and oxygen atoms in total. The van der Waals surface area contributed by atoms with E-state index >= 15 is 0 Å². The summed E-state index contributed by atoms with van der Waals surface area (Å²) in [6, 6.07) is 8.52. The average Bonchev–Trinajstić information content (AvgIpc) is 2.96. The number of carbonyl (C=O) groups is 1. The summed E-state index contributed by atoms with van der Waals surface area (Å²) < 4.78 is 0. The van der Waals surface area contributed by atoms with Gasteiger partial charge in [-0.25, -0.2) is 0 Å². The maximum atomic E-state index is 13.5. The number of rotatable bonds is 7. The van der Waals surface area contributed by atoms with Gasteiger partial charge in [0.25, 0.3) is 0 Å². The fraction of sp³-hybridized carbons (Fsp3) is 0.667. The number of likely N-dealkylation sites (tertiary alicyclic amines) is 1. The van der Waals surface area contributed by atoms with Crippen LogP contribution in [0.3, 0.4) is 0 Å². The highest BCUT2D eigenvalue weighted by Gasteiger charge is 2.63. The SMILES string of the molecule is CC(C)CNC(=O)C12CC3CN(CC(C)C)C(C3C=N1)C2Cc1ccc(Cl)cc1. The molecule has 158 valence electrons. The Morgan fingerprint density at radius 3 is 2.62 bits per heavy atom. The Bertz CT molecular complexity index is 775. The number of nitrogens with one attached hydrogen (secondary N) is 1. The minimum Gasteiger partial charge on any atom is -0.354 e. The van der Waals surface area contributed by atoms with Crippen molar-refractivity contribution in [2.45, 2.75) is 52.1 Å². The van der Waals surface area contributed by atoms with Gasteiger partial charge in [-0.3, -0.25) is 14.7 Å². The van der Waals surface area contributed by atoms with Crippen LogP contribution in [0.5, 0.6) is 0 Å². The second kappa shape index (κ2) is 8.03. The second-order valence-electron chi connectivity index (χ2n) is 10.1. The van der Waals surface area contributed by atoms with Crippen LogP contribution in [0.2, 0.25) is 5.02 Å². The molecule has 5 atom stereocenters. The number of aliphatic imine (C=N–C) groups is 1. The zero-order valence-electron chi connectivity index (χ0n) is 18.1. The van der Waals surface area contributed by atoms with Crippen LogP contribution in [0.4, 0.5) is 0 Å². The van der Waals surface area contributed by atoms with Crippen molar-refractivity contribution in [3.63, 3.8) is 0 Å². The van der Waals surface area contributed by atoms with Gasteiger partial charge in [0.1, 0.15) is 5.54 Å². The molecule has 1 amide bonds. The Kier molecular flexibility index (Phi) is 5.78. The van der Waals surface area contributed by atoms with Gasteiger partial charge in [0.15, 0.2) is 0 Å². The Hall–Kier alpha value is -1.39. The summed E-state index contributed by atoms with van der Waals surface area (Å²) in [4.78, 5) is 21.1. The first-order chi connectivity index (χ1) is 13.8. The third-order valence-electron chi connectivity index (χ3n) is 6.94. The first kappa shape index (κ1) is 20.9. The topological polar surface area (TPSA) is 44.7 Å². The van der Waals surface area contributed by atoms with Crippen LogP contribution in [0.25, 0.3) is 0 Å². The van der Waals surface area contributed by atoms with Gasteiger partial charge in [-0.05, 0) is 48.3 Å². The highest BCUT2D eigenvalue weighted by atomic mass is 35.5. The summed E-state index contributed by atoms with van der Waals surface area (Å²) in [6.45, 7) is 11.7. The number of carbonyl (C=O) groups excluding carboxylic acids is 1. The molecule has 3 heterocycles. The number of benzene rings is 1. The minimum absolute atomic E-state index is 0.126. The third-order valence-corrected chi connectivity index (χ3v) is 7.19. The van der Waals surface area contributed by atoms with E-state index in [1.54, 1.807) is 0 Å². The molecular formula is C24H34ClN3O. The van der Waals surface area contributed by atoms with Crippen LogP contribution in [0.1, 0.15) is 39.7 Å². The van der Waals surface area contributed by atoms with Crippen LogP contribution in [-0.2, 0) is 11.2 Å². The number of amides is 1. The van der Waals surface area contributed by atoms with Gasteiger partial charge in [0, 0.05) is 48.7 Å². The lowest BCUT2D eigenvalue weighted by atomic mass is 9.59. The Labute approximate surface area is 180 Å². The first-order valence-corrected chi connectivity index (χ1v) is 11.5. The van der Waals surface area contributed by atoms with E-state index < -0.39 is 5.54 Å². The lowest BCUT2D eigenvalue weighted by molar-refractivity contribution is -0.132. The summed E-state index contributed by atoms with van der Waals surface area (Å²) >= 11 is 6.11. The van der Waals surface area contributed by atoms with Gasteiger partial charge in [0.05, 0.1) is 0 Å². The van der Waals surface area contributed by atoms with E-state index in [2.05, 4.69) is 56.3 Å². The monoisotopic (exact) mass is 415 g/mol. The molecule has 0 aromatic heterocycles. The normalized spacial score (nSPS) is 33.1. The molecule has 1 aromatic rings. The first-order valence-electron chi connectivity index (χ1n) is 11.1. The summed E-state index contributed by atoms with van der Waals surface area (Å²) in [5.74, 6) is 2.40. The molecule has 0 spiro atoms. The quantitative estimate of drug-likeness (QED) is 0.729. The highest BCUT2D eigenvalue weighted by molar-refractivity contribution is 6.30. The highest BCUT2D eigenvalue weighted by Crippen LogP contribution is 2.54. The lowest BCUT2D eigenvalue weighted by Crippen LogP contribution is -2.64. The van der Waals surface area contributed by atoms with Crippen LogP contribution >= 0.6 is 11.6 Å². The zero-order chi connectivity index (χ0) is 20.8. The summed E-state index contributed by atoms with van der Waals surface area (Å²) in [7, 11) is 0. The van der Waals surface area contributed by atoms with Crippen molar-refractivity contribution in [1.29, 1.82) is 0 Å². The van der Waals surface area contributed by atoms with E-state index in [0.717, 1.165) is 31.0 Å². The fourth-order valence-electron chi connectivity index (χ4n) is 5.80. The predicted molar refractivity (Wildman–Crippen MR) is 120 cm³/mol. The minimum atomic E-state index is -0.635. The zero-order valence-corrected chi connectivity index (χ0v) is 18.8. The Balaban J connectivity index is 1.68. The van der Waals surface area contributed by atoms with Crippen LogP contribution < -0.4 is 5.32 Å². The standard InChI is InChI=1S/C24H34ClN3O/c1-15(2)11-26-23(29)24-10-18-14-28(13-16(3)4)22(20(18)12-27-24)21(24)9-17-5-7-19(25)8-6-17/h5-8,12,15-16,18,20-22H,9-11,13-14H2,1-4H3,(H,26,29). The number of hydrogen-bond acceptors (Lipinski definition) is 3. The molecule has 1 saturated heterocycles. The maximum Gasteiger partial charge on any atom is 0.248 e. The fourth-order valence-corrected chi connectivity index (χ4v) is 5.93. The summed E-state index contributed by atoms with van der Waals surface area (Å²) in [5.41, 5.74) is 0.607. The molecule has 1 aromatic carbocycles. The van der Waals surface area contributed by atoms with Crippen LogP contribution in [-0.4, -0.2) is 48.2 Å². The van der Waals surface area contributed by atoms with E-state index in [1.807, 2.05) is 12.1 Å². The number of halogens is 1. The second-order valence-corrected chi connectivity index (χ2v) is 10.6. The smallest absolute Gasteiger partial charge is 0.248 e. The van der Waals surface area contributed by atoms with Crippen LogP contribution in [0.15, 0.2) is 29.3 Å². The van der Waals surface area contributed by atoms with Crippen molar-refractivity contribution in [3.05, 3.63) is 34.9 Å². The Morgan fingerprint density at radius 1 is 1.24 bits per heavy atom. The summed E-state index contributed by atoms with van der Waals surface area (Å²) in [6.07, 6.45) is 3.88. The van der Waals surface area contributed by atoms with Crippen molar-refractivity contribution < 1.29 is 4.79 Å². The average molecular weight is 416 g/mol. The van der Waals surface area contributed by atoms with E-state index in [4.69, 9.17) is 16.6 Å². The Morgan fingerprint density at radius 2 is 1.97 bits per heavy atom. The summed E-state index contributed by atoms with van der Waals surface area (Å²) in [5, 5.41) is 3.98. The maximum absolute atomic E-state index is 13.5. The molecule has 1 saturated carbocycles. The molecule has 5 rings (SSSR count). The molecule has 5 heteroatoms. The molecule has 0 radical (unpaired) electrons. The van der Waals surface area contributed by atoms with Crippen LogP contribution in [0, 0.1) is 29.6 Å². The van der Waals surface area contributed by atoms with Crippen molar-refractivity contribution in [2.24, 2.45) is 34.6 Å². The van der Waals surface area contributed by atoms with Gasteiger partial charge in [-0.2, -0.15) is 0 Å². The number of hydrogen-bond donors (Lipinski definition) is 1. The molecule has 5 unspecified atom stereocenters. The van der Waals surface area contributed by atoms with Crippen molar-refractivity contribution in [2.75, 3.05) is 19.6 Å². The third kappa shape index (κ3) is 3.86. The van der Waals surface area contributed by atoms with Gasteiger partial charge in [-0.1, -0.05) is 51.4 Å². The molecular weight excluding hydrogens is 382 g/mol. The van der Waals surface area contributed by atoms with Gasteiger partial charge >= 0.3 is 0 Å². The predicted octanol–water partition coefficient (Wildman–Crippen LogP) is 4.07. The molecule has 3 aliphatic heterocycles. The molecule has 1 N–H and O–H groups in total. The molecule has 4 bridgehead atoms. The molecule has 2 fully saturated rings. The molecule has 29 heavy (non-hydrogen) atoms. The van der Waals surface area contributed by atoms with E-state index in [0.29, 0.717) is 36.3 Å². The van der Waals surface area contributed by atoms with Gasteiger partial charge in [-0.15, -0.1) is 0 Å².